The number of thiazole rings is 1. The molecule has 0 spiro atoms. The highest BCUT2D eigenvalue weighted by molar-refractivity contribution is 7.22. The number of benzene rings is 3. The lowest BCUT2D eigenvalue weighted by atomic mass is 10.0. The van der Waals surface area contributed by atoms with E-state index in [1.807, 2.05) is 66.7 Å². The number of anilines is 1. The molecular formula is C27H19N5O2S. The minimum absolute atomic E-state index is 0.161. The minimum Gasteiger partial charge on any atom is -0.298 e. The Labute approximate surface area is 205 Å². The number of amides is 1. The van der Waals surface area contributed by atoms with Crippen LogP contribution < -0.4 is 5.32 Å². The molecule has 7 nitrogen and oxygen atoms in total. The average Bonchev–Trinajstić information content (AvgIpc) is 3.57. The molecule has 0 aliphatic heterocycles. The van der Waals surface area contributed by atoms with E-state index in [1.54, 1.807) is 24.3 Å². The maximum absolute atomic E-state index is 13.1. The first-order valence-electron chi connectivity index (χ1n) is 10.8. The van der Waals surface area contributed by atoms with Gasteiger partial charge in [-0.3, -0.25) is 14.9 Å². The van der Waals surface area contributed by atoms with Gasteiger partial charge in [0.2, 0.25) is 11.7 Å². The smallest absolute Gasteiger partial charge is 0.250 e. The Morgan fingerprint density at radius 3 is 2.37 bits per heavy atom. The molecule has 2 heterocycles. The largest absolute Gasteiger partial charge is 0.298 e. The topological polar surface area (TPSA) is 89.8 Å². The Bertz CT molecular complexity index is 1500. The molecule has 5 rings (SSSR count). The predicted octanol–water partition coefficient (Wildman–Crippen LogP) is 5.42. The summed E-state index contributed by atoms with van der Waals surface area (Å²) in [6, 6.07) is 24.3. The van der Waals surface area contributed by atoms with Crippen LogP contribution in [0.3, 0.4) is 0 Å². The number of carbonyl (C=O) groups excluding carboxylic acids is 2. The summed E-state index contributed by atoms with van der Waals surface area (Å²) in [6.45, 7) is 0. The highest BCUT2D eigenvalue weighted by Crippen LogP contribution is 2.25. The van der Waals surface area contributed by atoms with Crippen LogP contribution in [0.2, 0.25) is 0 Å². The Hall–Kier alpha value is -4.69. The molecule has 2 aromatic heterocycles. The molecule has 170 valence electrons. The number of nitrogens with one attached hydrogen (secondary N) is 1. The minimum atomic E-state index is -0.255. The molecule has 0 fully saturated rings. The van der Waals surface area contributed by atoms with Crippen molar-refractivity contribution in [3.63, 3.8) is 0 Å². The van der Waals surface area contributed by atoms with Crippen molar-refractivity contribution < 1.29 is 9.59 Å². The van der Waals surface area contributed by atoms with Crippen LogP contribution in [0, 0.1) is 0 Å². The van der Waals surface area contributed by atoms with Crippen LogP contribution >= 0.6 is 11.3 Å². The lowest BCUT2D eigenvalue weighted by Gasteiger charge is -2.07. The van der Waals surface area contributed by atoms with Crippen molar-refractivity contribution in [2.75, 3.05) is 5.32 Å². The first-order valence-corrected chi connectivity index (χ1v) is 11.6. The van der Waals surface area contributed by atoms with Gasteiger partial charge in [-0.05, 0) is 35.4 Å². The summed E-state index contributed by atoms with van der Waals surface area (Å²) in [5, 5.41) is 7.49. The zero-order valence-electron chi connectivity index (χ0n) is 18.4. The Kier molecular flexibility index (Phi) is 6.36. The number of nitrogens with zero attached hydrogens (tertiary/aromatic N) is 4. The number of para-hydroxylation sites is 1. The number of hydrogen-bond acceptors (Lipinski definition) is 6. The molecular weight excluding hydrogens is 458 g/mol. The van der Waals surface area contributed by atoms with Crippen molar-refractivity contribution in [3.8, 4) is 0 Å². The van der Waals surface area contributed by atoms with E-state index in [4.69, 9.17) is 0 Å². The molecule has 0 aliphatic rings. The van der Waals surface area contributed by atoms with E-state index in [0.29, 0.717) is 16.4 Å². The zero-order chi connectivity index (χ0) is 24.0. The van der Waals surface area contributed by atoms with Crippen molar-refractivity contribution in [2.24, 2.45) is 0 Å². The quantitative estimate of drug-likeness (QED) is 0.250. The van der Waals surface area contributed by atoms with Gasteiger partial charge in [-0.2, -0.15) is 5.10 Å². The van der Waals surface area contributed by atoms with Crippen LogP contribution in [0.5, 0.6) is 0 Å². The highest BCUT2D eigenvalue weighted by Gasteiger charge is 2.15. The second-order valence-corrected chi connectivity index (χ2v) is 8.57. The fourth-order valence-electron chi connectivity index (χ4n) is 3.41. The number of ketones is 1. The molecule has 0 atom stereocenters. The third kappa shape index (κ3) is 5.29. The summed E-state index contributed by atoms with van der Waals surface area (Å²) >= 11 is 1.43. The number of hydrogen-bond donors (Lipinski definition) is 1. The molecule has 1 amide bonds. The molecule has 8 heteroatoms. The predicted molar refractivity (Wildman–Crippen MR) is 139 cm³/mol. The summed E-state index contributed by atoms with van der Waals surface area (Å²) in [7, 11) is 0. The van der Waals surface area contributed by atoms with Crippen molar-refractivity contribution >= 4 is 56.2 Å². The summed E-state index contributed by atoms with van der Waals surface area (Å²) in [4.78, 5) is 33.8. The number of rotatable bonds is 7. The van der Waals surface area contributed by atoms with Crippen molar-refractivity contribution in [3.05, 3.63) is 114 Å². The second-order valence-electron chi connectivity index (χ2n) is 7.54. The molecule has 0 bridgehead atoms. The SMILES string of the molecule is O=C(C=Cc1ccc(C=C(C(=O)c2ccccc2)n2cncn2)cc1)Nc1nc2ccccc2s1. The van der Waals surface area contributed by atoms with E-state index in [1.165, 1.54) is 34.7 Å². The summed E-state index contributed by atoms with van der Waals surface area (Å²) in [5.41, 5.74) is 3.46. The summed E-state index contributed by atoms with van der Waals surface area (Å²) < 4.78 is 2.47. The monoisotopic (exact) mass is 477 g/mol. The van der Waals surface area contributed by atoms with Gasteiger partial charge in [-0.1, -0.05) is 78.1 Å². The van der Waals surface area contributed by atoms with Crippen LogP contribution in [0.25, 0.3) is 28.1 Å². The molecule has 1 N–H and O–H groups in total. The Morgan fingerprint density at radius 2 is 1.63 bits per heavy atom. The normalized spacial score (nSPS) is 11.7. The second kappa shape index (κ2) is 10.1. The van der Waals surface area contributed by atoms with Crippen LogP contribution in [-0.2, 0) is 4.79 Å². The number of aromatic nitrogens is 4. The van der Waals surface area contributed by atoms with Gasteiger partial charge in [0.05, 0.1) is 10.2 Å². The molecule has 0 saturated carbocycles. The lowest BCUT2D eigenvalue weighted by Crippen LogP contribution is -2.10. The highest BCUT2D eigenvalue weighted by atomic mass is 32.1. The molecule has 5 aromatic rings. The van der Waals surface area contributed by atoms with E-state index in [0.717, 1.165) is 21.3 Å². The molecule has 0 saturated heterocycles. The molecule has 0 aliphatic carbocycles. The lowest BCUT2D eigenvalue weighted by molar-refractivity contribution is -0.111. The first-order chi connectivity index (χ1) is 17.2. The van der Waals surface area contributed by atoms with E-state index in [-0.39, 0.29) is 11.7 Å². The van der Waals surface area contributed by atoms with Gasteiger partial charge >= 0.3 is 0 Å². The summed E-state index contributed by atoms with van der Waals surface area (Å²) in [6.07, 6.45) is 7.84. The molecule has 0 radical (unpaired) electrons. The van der Waals surface area contributed by atoms with Crippen molar-refractivity contribution in [2.45, 2.75) is 0 Å². The third-order valence-electron chi connectivity index (χ3n) is 5.13. The third-order valence-corrected chi connectivity index (χ3v) is 6.08. The fourth-order valence-corrected chi connectivity index (χ4v) is 4.28. The number of fused-ring (bicyclic) bond motifs is 1. The summed E-state index contributed by atoms with van der Waals surface area (Å²) in [5.74, 6) is -0.415. The van der Waals surface area contributed by atoms with Gasteiger partial charge in [-0.15, -0.1) is 0 Å². The van der Waals surface area contributed by atoms with Gasteiger partial charge in [0, 0.05) is 11.6 Å². The number of Topliss-reactive ketones (excluding diaryl/α,β-unsaturated/α-hetero) is 1. The molecule has 35 heavy (non-hydrogen) atoms. The van der Waals surface area contributed by atoms with Crippen LogP contribution in [0.4, 0.5) is 5.13 Å². The van der Waals surface area contributed by atoms with E-state index in [2.05, 4.69) is 20.4 Å². The van der Waals surface area contributed by atoms with E-state index in [9.17, 15) is 9.59 Å². The Balaban J connectivity index is 1.31. The van der Waals surface area contributed by atoms with Gasteiger partial charge < -0.3 is 0 Å². The maximum Gasteiger partial charge on any atom is 0.250 e. The standard InChI is InChI=1S/C27H19N5O2S/c33-25(31-27-30-22-8-4-5-9-24(22)35-27)15-14-19-10-12-20(13-11-19)16-23(32-18-28-17-29-32)26(34)21-6-2-1-3-7-21/h1-18H,(H,30,31,33). The van der Waals surface area contributed by atoms with Gasteiger partial charge in [-0.25, -0.2) is 14.6 Å². The van der Waals surface area contributed by atoms with Gasteiger partial charge in [0.15, 0.2) is 5.13 Å². The average molecular weight is 478 g/mol. The molecule has 0 unspecified atom stereocenters. The fraction of sp³-hybridized carbons (Fsp3) is 0. The van der Waals surface area contributed by atoms with Crippen molar-refractivity contribution in [1.29, 1.82) is 0 Å². The van der Waals surface area contributed by atoms with Gasteiger partial charge in [0.25, 0.3) is 0 Å². The van der Waals surface area contributed by atoms with Crippen LogP contribution in [0.1, 0.15) is 21.5 Å². The zero-order valence-corrected chi connectivity index (χ0v) is 19.2. The molecule has 3 aromatic carbocycles. The first kappa shape index (κ1) is 22.1. The maximum atomic E-state index is 13.1. The van der Waals surface area contributed by atoms with Gasteiger partial charge in [0.1, 0.15) is 18.4 Å². The van der Waals surface area contributed by atoms with Crippen molar-refractivity contribution in [1.82, 2.24) is 19.7 Å². The number of allylic oxidation sites excluding steroid dienone is 1. The van der Waals surface area contributed by atoms with Crippen LogP contribution in [0.15, 0.2) is 97.6 Å². The Morgan fingerprint density at radius 1 is 0.886 bits per heavy atom. The number of carbonyl (C=O) groups is 2. The van der Waals surface area contributed by atoms with E-state index < -0.39 is 0 Å². The van der Waals surface area contributed by atoms with Crippen LogP contribution in [-0.4, -0.2) is 31.4 Å². The van der Waals surface area contributed by atoms with E-state index >= 15 is 0 Å².